The van der Waals surface area contributed by atoms with Gasteiger partial charge in [-0.3, -0.25) is 4.90 Å². The van der Waals surface area contributed by atoms with Crippen LogP contribution in [0.15, 0.2) is 48.5 Å². The number of ether oxygens (including phenoxy) is 1. The molecule has 0 unspecified atom stereocenters. The summed E-state index contributed by atoms with van der Waals surface area (Å²) >= 11 is 0. The van der Waals surface area contributed by atoms with Crippen molar-refractivity contribution in [2.75, 3.05) is 20.2 Å². The lowest BCUT2D eigenvalue weighted by molar-refractivity contribution is 0.356. The molecule has 1 aliphatic heterocycles. The van der Waals surface area contributed by atoms with Crippen LogP contribution in [0.4, 0.5) is 4.39 Å². The summed E-state index contributed by atoms with van der Waals surface area (Å²) in [6.07, 6.45) is 5.13. The minimum absolute atomic E-state index is 0. The topological polar surface area (TPSA) is 12.5 Å². The molecule has 2 aromatic rings. The maximum Gasteiger partial charge on any atom is 0.123 e. The molecule has 1 heterocycles. The van der Waals surface area contributed by atoms with E-state index in [0.717, 1.165) is 37.4 Å². The van der Waals surface area contributed by atoms with Crippen LogP contribution in [0, 0.1) is 5.82 Å². The molecule has 0 N–H and O–H groups in total. The molecule has 0 spiro atoms. The number of hydrogen-bond donors (Lipinski definition) is 0. The molecule has 0 bridgehead atoms. The fourth-order valence-electron chi connectivity index (χ4n) is 2.66. The van der Waals surface area contributed by atoms with Crippen LogP contribution in [0.3, 0.4) is 0 Å². The predicted molar refractivity (Wildman–Crippen MR) is 94.7 cm³/mol. The van der Waals surface area contributed by atoms with Gasteiger partial charge >= 0.3 is 0 Å². The Bertz CT molecular complexity index is 670. The normalized spacial score (nSPS) is 13.0. The molecule has 1 aliphatic rings. The summed E-state index contributed by atoms with van der Waals surface area (Å²) in [6.45, 7) is 2.56. The first-order valence-electron chi connectivity index (χ1n) is 7.56. The highest BCUT2D eigenvalue weighted by Crippen LogP contribution is 2.26. The number of hydrogen-bond acceptors (Lipinski definition) is 2. The second-order valence-electron chi connectivity index (χ2n) is 5.69. The minimum atomic E-state index is -0.199. The van der Waals surface area contributed by atoms with Crippen LogP contribution >= 0.6 is 12.4 Å². The zero-order valence-electron chi connectivity index (χ0n) is 13.2. The molecule has 0 fully saturated rings. The maximum absolute atomic E-state index is 12.8. The standard InChI is InChI=1S/C19H20FNO.ClH/c1-21(11-2-3-15-4-7-18(20)8-5-15)14-16-6-9-19-17(13-16)10-12-22-19;/h2-9,13H,10-12,14H2,1H3;1H/b3-2+;. The van der Waals surface area contributed by atoms with Gasteiger partial charge in [0.25, 0.3) is 0 Å². The van der Waals surface area contributed by atoms with E-state index in [-0.39, 0.29) is 18.2 Å². The van der Waals surface area contributed by atoms with Gasteiger partial charge in [-0.25, -0.2) is 4.39 Å². The van der Waals surface area contributed by atoms with Gasteiger partial charge < -0.3 is 4.74 Å². The Kier molecular flexibility index (Phi) is 6.20. The number of rotatable bonds is 5. The number of likely N-dealkylation sites (N-methyl/N-ethyl adjacent to an activating group) is 1. The quantitative estimate of drug-likeness (QED) is 0.807. The van der Waals surface area contributed by atoms with Crippen LogP contribution in [-0.4, -0.2) is 25.1 Å². The van der Waals surface area contributed by atoms with Crippen LogP contribution in [0.2, 0.25) is 0 Å². The fraction of sp³-hybridized carbons (Fsp3) is 0.263. The molecule has 23 heavy (non-hydrogen) atoms. The zero-order chi connectivity index (χ0) is 15.4. The Hall–Kier alpha value is -1.84. The summed E-state index contributed by atoms with van der Waals surface area (Å²) in [5.74, 6) is 0.831. The summed E-state index contributed by atoms with van der Waals surface area (Å²) in [5, 5.41) is 0. The van der Waals surface area contributed by atoms with Crippen molar-refractivity contribution in [1.82, 2.24) is 4.90 Å². The average Bonchev–Trinajstić information content (AvgIpc) is 2.97. The molecule has 3 rings (SSSR count). The molecule has 2 aromatic carbocycles. The lowest BCUT2D eigenvalue weighted by Gasteiger charge is -2.15. The fourth-order valence-corrected chi connectivity index (χ4v) is 2.66. The van der Waals surface area contributed by atoms with Gasteiger partial charge in [0.05, 0.1) is 6.61 Å². The van der Waals surface area contributed by atoms with Crippen molar-refractivity contribution in [2.24, 2.45) is 0 Å². The monoisotopic (exact) mass is 333 g/mol. The zero-order valence-corrected chi connectivity index (χ0v) is 14.0. The van der Waals surface area contributed by atoms with Crippen molar-refractivity contribution in [2.45, 2.75) is 13.0 Å². The van der Waals surface area contributed by atoms with Gasteiger partial charge in [-0.05, 0) is 41.9 Å². The van der Waals surface area contributed by atoms with Crippen LogP contribution in [0.5, 0.6) is 5.75 Å². The second kappa shape index (κ2) is 8.14. The van der Waals surface area contributed by atoms with Crippen LogP contribution < -0.4 is 4.74 Å². The highest BCUT2D eigenvalue weighted by Gasteiger charge is 2.12. The SMILES string of the molecule is CN(C/C=C/c1ccc(F)cc1)Cc1ccc2c(c1)CCO2.Cl. The second-order valence-corrected chi connectivity index (χ2v) is 5.69. The molecule has 0 saturated heterocycles. The van der Waals surface area contributed by atoms with E-state index in [4.69, 9.17) is 4.74 Å². The Labute approximate surface area is 143 Å². The number of fused-ring (bicyclic) bond motifs is 1. The highest BCUT2D eigenvalue weighted by molar-refractivity contribution is 5.85. The Morgan fingerprint density at radius 1 is 1.17 bits per heavy atom. The van der Waals surface area contributed by atoms with E-state index in [1.54, 1.807) is 12.1 Å². The van der Waals surface area contributed by atoms with E-state index >= 15 is 0 Å². The van der Waals surface area contributed by atoms with E-state index in [0.29, 0.717) is 0 Å². The molecule has 2 nitrogen and oxygen atoms in total. The molecule has 0 saturated carbocycles. The molecule has 0 amide bonds. The van der Waals surface area contributed by atoms with Gasteiger partial charge in [0.2, 0.25) is 0 Å². The summed E-state index contributed by atoms with van der Waals surface area (Å²) in [6, 6.07) is 13.0. The van der Waals surface area contributed by atoms with E-state index in [1.807, 2.05) is 6.08 Å². The summed E-state index contributed by atoms with van der Waals surface area (Å²) < 4.78 is 18.4. The smallest absolute Gasteiger partial charge is 0.123 e. The van der Waals surface area contributed by atoms with E-state index < -0.39 is 0 Å². The summed E-state index contributed by atoms with van der Waals surface area (Å²) in [5.41, 5.74) is 3.64. The van der Waals surface area contributed by atoms with Crippen molar-refractivity contribution in [3.63, 3.8) is 0 Å². The summed E-state index contributed by atoms with van der Waals surface area (Å²) in [7, 11) is 2.10. The van der Waals surface area contributed by atoms with Gasteiger partial charge in [0.15, 0.2) is 0 Å². The molecule has 122 valence electrons. The average molecular weight is 334 g/mol. The van der Waals surface area contributed by atoms with E-state index in [2.05, 4.69) is 36.2 Å². The van der Waals surface area contributed by atoms with Gasteiger partial charge in [0.1, 0.15) is 11.6 Å². The number of halogens is 2. The van der Waals surface area contributed by atoms with Crippen LogP contribution in [0.25, 0.3) is 6.08 Å². The lowest BCUT2D eigenvalue weighted by atomic mass is 10.1. The maximum atomic E-state index is 12.8. The largest absolute Gasteiger partial charge is 0.493 e. The lowest BCUT2D eigenvalue weighted by Crippen LogP contribution is -2.17. The van der Waals surface area contributed by atoms with Crippen molar-refractivity contribution in [1.29, 1.82) is 0 Å². The Morgan fingerprint density at radius 3 is 2.74 bits per heavy atom. The Morgan fingerprint density at radius 2 is 1.96 bits per heavy atom. The molecule has 4 heteroatoms. The molecule has 0 aliphatic carbocycles. The molecule has 0 atom stereocenters. The minimum Gasteiger partial charge on any atom is -0.493 e. The van der Waals surface area contributed by atoms with Gasteiger partial charge in [-0.15, -0.1) is 12.4 Å². The molecular weight excluding hydrogens is 313 g/mol. The predicted octanol–water partition coefficient (Wildman–Crippen LogP) is 4.33. The van der Waals surface area contributed by atoms with Crippen molar-refractivity contribution >= 4 is 18.5 Å². The first-order chi connectivity index (χ1) is 10.7. The molecular formula is C19H21ClFNO. The van der Waals surface area contributed by atoms with Gasteiger partial charge in [-0.2, -0.15) is 0 Å². The van der Waals surface area contributed by atoms with Crippen LogP contribution in [-0.2, 0) is 13.0 Å². The first kappa shape index (κ1) is 17.5. The van der Waals surface area contributed by atoms with Gasteiger partial charge in [0, 0.05) is 19.5 Å². The van der Waals surface area contributed by atoms with E-state index in [9.17, 15) is 4.39 Å². The Balaban J connectivity index is 0.00000192. The van der Waals surface area contributed by atoms with Crippen molar-refractivity contribution < 1.29 is 9.13 Å². The van der Waals surface area contributed by atoms with E-state index in [1.165, 1.54) is 23.3 Å². The van der Waals surface area contributed by atoms with Crippen LogP contribution in [0.1, 0.15) is 16.7 Å². The summed E-state index contributed by atoms with van der Waals surface area (Å²) in [4.78, 5) is 2.25. The number of nitrogens with zero attached hydrogens (tertiary/aromatic N) is 1. The number of benzene rings is 2. The third kappa shape index (κ3) is 4.81. The highest BCUT2D eigenvalue weighted by atomic mass is 35.5. The van der Waals surface area contributed by atoms with Crippen molar-refractivity contribution in [3.8, 4) is 5.75 Å². The molecule has 0 aromatic heterocycles. The molecule has 0 radical (unpaired) electrons. The first-order valence-corrected chi connectivity index (χ1v) is 7.56. The third-order valence-corrected chi connectivity index (χ3v) is 3.80. The van der Waals surface area contributed by atoms with Gasteiger partial charge in [-0.1, -0.05) is 36.4 Å². The third-order valence-electron chi connectivity index (χ3n) is 3.80. The van der Waals surface area contributed by atoms with Crippen molar-refractivity contribution in [3.05, 3.63) is 71.0 Å².